The van der Waals surface area contributed by atoms with Crippen LogP contribution in [0.25, 0.3) is 0 Å². The van der Waals surface area contributed by atoms with Crippen molar-refractivity contribution < 1.29 is 0 Å². The molecule has 0 saturated heterocycles. The second-order valence-corrected chi connectivity index (χ2v) is 5.62. The van der Waals surface area contributed by atoms with Crippen LogP contribution in [0.15, 0.2) is 18.2 Å². The molecular formula is C15H23N3. The van der Waals surface area contributed by atoms with E-state index in [9.17, 15) is 0 Å². The van der Waals surface area contributed by atoms with Crippen molar-refractivity contribution in [3.63, 3.8) is 0 Å². The van der Waals surface area contributed by atoms with E-state index in [0.717, 1.165) is 23.7 Å². The van der Waals surface area contributed by atoms with Crippen LogP contribution in [0.3, 0.4) is 0 Å². The third-order valence-corrected chi connectivity index (χ3v) is 3.53. The molecule has 0 radical (unpaired) electrons. The molecule has 0 aliphatic heterocycles. The molecule has 3 N–H and O–H groups in total. The van der Waals surface area contributed by atoms with E-state index in [1.165, 1.54) is 18.4 Å². The lowest BCUT2D eigenvalue weighted by atomic mass is 10.1. The quantitative estimate of drug-likeness (QED) is 0.619. The van der Waals surface area contributed by atoms with Gasteiger partial charge in [-0.05, 0) is 57.2 Å². The normalized spacial score (nSPS) is 14.9. The molecule has 1 aromatic carbocycles. The van der Waals surface area contributed by atoms with Gasteiger partial charge < -0.3 is 10.6 Å². The molecule has 1 aliphatic rings. The first-order valence-electron chi connectivity index (χ1n) is 6.70. The molecule has 1 fully saturated rings. The molecule has 0 aromatic heterocycles. The number of nitrogens with two attached hydrogens (primary N) is 1. The Kier molecular flexibility index (Phi) is 3.60. The molecule has 0 atom stereocenters. The first kappa shape index (κ1) is 12.9. The highest BCUT2D eigenvalue weighted by Gasteiger charge is 2.27. The monoisotopic (exact) mass is 245 g/mol. The van der Waals surface area contributed by atoms with Crippen LogP contribution in [-0.2, 0) is 0 Å². The minimum Gasteiger partial charge on any atom is -0.384 e. The lowest BCUT2D eigenvalue weighted by molar-refractivity contribution is 0.644. The summed E-state index contributed by atoms with van der Waals surface area (Å²) in [5, 5.41) is 7.73. The van der Waals surface area contributed by atoms with Gasteiger partial charge in [-0.1, -0.05) is 6.07 Å². The highest BCUT2D eigenvalue weighted by atomic mass is 15.2. The zero-order valence-corrected chi connectivity index (χ0v) is 11.5. The van der Waals surface area contributed by atoms with Gasteiger partial charge in [-0.15, -0.1) is 0 Å². The molecule has 0 bridgehead atoms. The predicted octanol–water partition coefficient (Wildman–Crippen LogP) is 2.90. The molecule has 3 heteroatoms. The topological polar surface area (TPSA) is 53.1 Å². The van der Waals surface area contributed by atoms with Crippen molar-refractivity contribution in [1.29, 1.82) is 5.41 Å². The highest BCUT2D eigenvalue weighted by Crippen LogP contribution is 2.33. The Labute approximate surface area is 109 Å². The average Bonchev–Trinajstić information content (AvgIpc) is 3.08. The Hall–Kier alpha value is -1.51. The van der Waals surface area contributed by atoms with Crippen molar-refractivity contribution in [1.82, 2.24) is 0 Å². The first-order valence-corrected chi connectivity index (χ1v) is 6.70. The van der Waals surface area contributed by atoms with Gasteiger partial charge in [-0.3, -0.25) is 5.41 Å². The van der Waals surface area contributed by atoms with Crippen LogP contribution >= 0.6 is 0 Å². The fraction of sp³-hybridized carbons (Fsp3) is 0.533. The third kappa shape index (κ3) is 2.84. The number of nitrogen functional groups attached to an aromatic ring is 1. The van der Waals surface area contributed by atoms with Crippen LogP contribution in [0.2, 0.25) is 0 Å². The van der Waals surface area contributed by atoms with Crippen LogP contribution < -0.4 is 10.6 Å². The van der Waals surface area contributed by atoms with Gasteiger partial charge >= 0.3 is 0 Å². The van der Waals surface area contributed by atoms with Crippen LogP contribution in [0.5, 0.6) is 0 Å². The number of aryl methyl sites for hydroxylation is 1. The molecule has 1 aliphatic carbocycles. The number of amidine groups is 1. The summed E-state index contributed by atoms with van der Waals surface area (Å²) in [5.41, 5.74) is 8.90. The minimum atomic E-state index is 0.159. The van der Waals surface area contributed by atoms with Gasteiger partial charge in [0.1, 0.15) is 5.84 Å². The smallest absolute Gasteiger partial charge is 0.124 e. The lowest BCUT2D eigenvalue weighted by Crippen LogP contribution is -2.34. The largest absolute Gasteiger partial charge is 0.384 e. The van der Waals surface area contributed by atoms with Gasteiger partial charge in [0.05, 0.1) is 0 Å². The van der Waals surface area contributed by atoms with E-state index < -0.39 is 0 Å². The van der Waals surface area contributed by atoms with Crippen molar-refractivity contribution in [2.45, 2.75) is 39.7 Å². The number of hydrogen-bond acceptors (Lipinski definition) is 2. The van der Waals surface area contributed by atoms with Crippen LogP contribution in [-0.4, -0.2) is 18.4 Å². The molecule has 0 heterocycles. The molecular weight excluding hydrogens is 222 g/mol. The van der Waals surface area contributed by atoms with E-state index in [2.05, 4.69) is 31.7 Å². The van der Waals surface area contributed by atoms with Crippen molar-refractivity contribution in [2.75, 3.05) is 11.4 Å². The number of nitrogens with one attached hydrogen (secondary N) is 1. The summed E-state index contributed by atoms with van der Waals surface area (Å²) in [7, 11) is 0. The van der Waals surface area contributed by atoms with Gasteiger partial charge in [0.15, 0.2) is 0 Å². The first-order chi connectivity index (χ1) is 8.49. The maximum Gasteiger partial charge on any atom is 0.124 e. The summed E-state index contributed by atoms with van der Waals surface area (Å²) < 4.78 is 0. The van der Waals surface area contributed by atoms with Gasteiger partial charge in [0, 0.05) is 23.8 Å². The Morgan fingerprint density at radius 3 is 2.61 bits per heavy atom. The average molecular weight is 245 g/mol. The molecule has 0 spiro atoms. The fourth-order valence-corrected chi connectivity index (χ4v) is 2.27. The van der Waals surface area contributed by atoms with E-state index in [1.807, 2.05) is 12.1 Å². The van der Waals surface area contributed by atoms with E-state index in [0.29, 0.717) is 6.04 Å². The summed E-state index contributed by atoms with van der Waals surface area (Å²) in [6.45, 7) is 7.58. The number of benzene rings is 1. The van der Waals surface area contributed by atoms with Gasteiger partial charge in [0.25, 0.3) is 0 Å². The standard InChI is InChI=1S/C15H23N3/c1-10(2)18(9-12-5-6-12)14-8-11(3)4-7-13(14)15(16)17/h4,7-8,10,12H,5-6,9H2,1-3H3,(H3,16,17). The van der Waals surface area contributed by atoms with Crippen molar-refractivity contribution in [2.24, 2.45) is 11.7 Å². The zero-order valence-electron chi connectivity index (χ0n) is 11.5. The second-order valence-electron chi connectivity index (χ2n) is 5.62. The van der Waals surface area contributed by atoms with Crippen molar-refractivity contribution >= 4 is 11.5 Å². The Morgan fingerprint density at radius 2 is 2.11 bits per heavy atom. The van der Waals surface area contributed by atoms with Gasteiger partial charge in [-0.25, -0.2) is 0 Å². The van der Waals surface area contributed by atoms with E-state index in [4.69, 9.17) is 11.1 Å². The highest BCUT2D eigenvalue weighted by molar-refractivity contribution is 6.00. The molecule has 18 heavy (non-hydrogen) atoms. The van der Waals surface area contributed by atoms with E-state index in [-0.39, 0.29) is 5.84 Å². The number of nitrogens with zero attached hydrogens (tertiary/aromatic N) is 1. The Morgan fingerprint density at radius 1 is 1.44 bits per heavy atom. The molecule has 0 unspecified atom stereocenters. The van der Waals surface area contributed by atoms with Crippen molar-refractivity contribution in [3.05, 3.63) is 29.3 Å². The summed E-state index contributed by atoms with van der Waals surface area (Å²) in [4.78, 5) is 2.39. The predicted molar refractivity (Wildman–Crippen MR) is 77.4 cm³/mol. The van der Waals surface area contributed by atoms with E-state index in [1.54, 1.807) is 0 Å². The maximum absolute atomic E-state index is 7.73. The van der Waals surface area contributed by atoms with Crippen molar-refractivity contribution in [3.8, 4) is 0 Å². The molecule has 1 aromatic rings. The van der Waals surface area contributed by atoms with Crippen LogP contribution in [0, 0.1) is 18.3 Å². The third-order valence-electron chi connectivity index (χ3n) is 3.53. The molecule has 98 valence electrons. The zero-order chi connectivity index (χ0) is 13.3. The molecule has 0 amide bonds. The lowest BCUT2D eigenvalue weighted by Gasteiger charge is -2.31. The SMILES string of the molecule is Cc1ccc(C(=N)N)c(N(CC2CC2)C(C)C)c1. The molecule has 1 saturated carbocycles. The maximum atomic E-state index is 7.73. The number of hydrogen-bond donors (Lipinski definition) is 2. The summed E-state index contributed by atoms with van der Waals surface area (Å²) >= 11 is 0. The minimum absolute atomic E-state index is 0.159. The summed E-state index contributed by atoms with van der Waals surface area (Å²) in [6.07, 6.45) is 2.68. The molecule has 3 nitrogen and oxygen atoms in total. The second kappa shape index (κ2) is 5.01. The summed E-state index contributed by atoms with van der Waals surface area (Å²) in [5.74, 6) is 0.985. The Bertz CT molecular complexity index is 447. The Balaban J connectivity index is 2.37. The number of rotatable bonds is 5. The number of anilines is 1. The van der Waals surface area contributed by atoms with Gasteiger partial charge in [-0.2, -0.15) is 0 Å². The van der Waals surface area contributed by atoms with Gasteiger partial charge in [0.2, 0.25) is 0 Å². The molecule has 2 rings (SSSR count). The van der Waals surface area contributed by atoms with Crippen LogP contribution in [0.4, 0.5) is 5.69 Å². The summed E-state index contributed by atoms with van der Waals surface area (Å²) in [6, 6.07) is 6.58. The van der Waals surface area contributed by atoms with E-state index >= 15 is 0 Å². The fourth-order valence-electron chi connectivity index (χ4n) is 2.27. The van der Waals surface area contributed by atoms with Crippen LogP contribution in [0.1, 0.15) is 37.8 Å².